The fourth-order valence-electron chi connectivity index (χ4n) is 2.88. The number of carbonyl (C=O) groups is 1. The largest absolute Gasteiger partial charge is 0.323 e. The lowest BCUT2D eigenvalue weighted by atomic mass is 9.90. The highest BCUT2D eigenvalue weighted by atomic mass is 16.2. The highest BCUT2D eigenvalue weighted by Gasteiger charge is 2.44. The fraction of sp³-hybridized carbons (Fsp3) is 0.929. The average Bonchev–Trinajstić information content (AvgIpc) is 2.52. The highest BCUT2D eigenvalue weighted by molar-refractivity contribution is 5.84. The lowest BCUT2D eigenvalue weighted by molar-refractivity contribution is -0.134. The number of carbonyl (C=O) groups excluding carboxylic acids is 1. The summed E-state index contributed by atoms with van der Waals surface area (Å²) in [4.78, 5) is 14.6. The van der Waals surface area contributed by atoms with Gasteiger partial charge in [-0.1, -0.05) is 33.6 Å². The Kier molecular flexibility index (Phi) is 4.08. The third-order valence-corrected chi connectivity index (χ3v) is 4.17. The van der Waals surface area contributed by atoms with Crippen LogP contribution in [-0.4, -0.2) is 29.1 Å². The quantitative estimate of drug-likeness (QED) is 0.798. The highest BCUT2D eigenvalue weighted by Crippen LogP contribution is 2.32. The van der Waals surface area contributed by atoms with E-state index >= 15 is 0 Å². The van der Waals surface area contributed by atoms with Crippen LogP contribution in [0.2, 0.25) is 0 Å². The lowest BCUT2D eigenvalue weighted by Gasteiger charge is -2.39. The molecule has 2 atom stereocenters. The van der Waals surface area contributed by atoms with Gasteiger partial charge in [0.1, 0.15) is 0 Å². The number of amides is 1. The SMILES string of the molecule is CCCCC1NC(C(C)C)N(C2CCC2)C1=O. The molecule has 2 rings (SSSR count). The van der Waals surface area contributed by atoms with Gasteiger partial charge in [-0.05, 0) is 31.6 Å². The second kappa shape index (κ2) is 5.38. The van der Waals surface area contributed by atoms with Crippen molar-refractivity contribution < 1.29 is 4.79 Å². The van der Waals surface area contributed by atoms with Gasteiger partial charge in [-0.2, -0.15) is 0 Å². The van der Waals surface area contributed by atoms with Crippen molar-refractivity contribution in [3.8, 4) is 0 Å². The second-order valence-electron chi connectivity index (χ2n) is 5.88. The van der Waals surface area contributed by atoms with Crippen molar-refractivity contribution in [1.82, 2.24) is 10.2 Å². The van der Waals surface area contributed by atoms with Gasteiger partial charge < -0.3 is 4.90 Å². The molecule has 1 aliphatic carbocycles. The number of nitrogens with zero attached hydrogens (tertiary/aromatic N) is 1. The molecule has 1 saturated carbocycles. The van der Waals surface area contributed by atoms with E-state index in [1.54, 1.807) is 0 Å². The van der Waals surface area contributed by atoms with E-state index in [9.17, 15) is 4.79 Å². The molecule has 0 aromatic heterocycles. The van der Waals surface area contributed by atoms with Crippen LogP contribution in [0.4, 0.5) is 0 Å². The topological polar surface area (TPSA) is 32.3 Å². The summed E-state index contributed by atoms with van der Waals surface area (Å²) in [5.74, 6) is 0.869. The number of nitrogens with one attached hydrogen (secondary N) is 1. The molecule has 3 heteroatoms. The summed E-state index contributed by atoms with van der Waals surface area (Å²) in [5.41, 5.74) is 0. The Morgan fingerprint density at radius 2 is 2.12 bits per heavy atom. The maximum atomic E-state index is 12.4. The molecule has 17 heavy (non-hydrogen) atoms. The van der Waals surface area contributed by atoms with E-state index in [1.165, 1.54) is 25.7 Å². The third-order valence-electron chi connectivity index (χ3n) is 4.17. The normalized spacial score (nSPS) is 30.1. The van der Waals surface area contributed by atoms with Crippen molar-refractivity contribution in [2.45, 2.75) is 77.5 Å². The molecule has 1 aliphatic heterocycles. The molecule has 0 aromatic carbocycles. The van der Waals surface area contributed by atoms with Gasteiger partial charge in [0.05, 0.1) is 12.2 Å². The zero-order chi connectivity index (χ0) is 12.4. The van der Waals surface area contributed by atoms with Gasteiger partial charge in [0.25, 0.3) is 0 Å². The van der Waals surface area contributed by atoms with E-state index < -0.39 is 0 Å². The molecule has 0 aromatic rings. The van der Waals surface area contributed by atoms with E-state index in [2.05, 4.69) is 31.0 Å². The molecule has 2 fully saturated rings. The Balaban J connectivity index is 2.03. The average molecular weight is 238 g/mol. The minimum atomic E-state index is 0.0861. The van der Waals surface area contributed by atoms with Crippen LogP contribution >= 0.6 is 0 Å². The van der Waals surface area contributed by atoms with E-state index in [-0.39, 0.29) is 12.2 Å². The molecule has 1 amide bonds. The first-order valence-electron chi connectivity index (χ1n) is 7.23. The van der Waals surface area contributed by atoms with Crippen molar-refractivity contribution in [1.29, 1.82) is 0 Å². The van der Waals surface area contributed by atoms with Crippen LogP contribution < -0.4 is 5.32 Å². The first kappa shape index (κ1) is 12.9. The summed E-state index contributed by atoms with van der Waals surface area (Å²) in [5, 5.41) is 3.55. The van der Waals surface area contributed by atoms with Gasteiger partial charge in [-0.3, -0.25) is 10.1 Å². The van der Waals surface area contributed by atoms with E-state index in [1.807, 2.05) is 0 Å². The predicted octanol–water partition coefficient (Wildman–Crippen LogP) is 2.51. The summed E-state index contributed by atoms with van der Waals surface area (Å²) in [6, 6.07) is 0.608. The van der Waals surface area contributed by atoms with Gasteiger partial charge in [-0.15, -0.1) is 0 Å². The molecular weight excluding hydrogens is 212 g/mol. The first-order valence-corrected chi connectivity index (χ1v) is 7.23. The summed E-state index contributed by atoms with van der Waals surface area (Å²) >= 11 is 0. The van der Waals surface area contributed by atoms with Crippen LogP contribution in [-0.2, 0) is 4.79 Å². The van der Waals surface area contributed by atoms with Gasteiger partial charge >= 0.3 is 0 Å². The van der Waals surface area contributed by atoms with Crippen LogP contribution in [0.3, 0.4) is 0 Å². The maximum Gasteiger partial charge on any atom is 0.241 e. The fourth-order valence-corrected chi connectivity index (χ4v) is 2.88. The van der Waals surface area contributed by atoms with E-state index in [4.69, 9.17) is 0 Å². The molecule has 3 nitrogen and oxygen atoms in total. The summed E-state index contributed by atoms with van der Waals surface area (Å²) < 4.78 is 0. The Morgan fingerprint density at radius 1 is 1.41 bits per heavy atom. The zero-order valence-electron chi connectivity index (χ0n) is 11.4. The Hall–Kier alpha value is -0.570. The van der Waals surface area contributed by atoms with Crippen molar-refractivity contribution in [2.75, 3.05) is 0 Å². The van der Waals surface area contributed by atoms with Crippen LogP contribution in [0.15, 0.2) is 0 Å². The molecule has 98 valence electrons. The summed E-state index contributed by atoms with van der Waals surface area (Å²) in [7, 11) is 0. The molecule has 2 unspecified atom stereocenters. The van der Waals surface area contributed by atoms with E-state index in [0.717, 1.165) is 12.8 Å². The molecular formula is C14H26N2O. The second-order valence-corrected chi connectivity index (χ2v) is 5.88. The minimum absolute atomic E-state index is 0.0861. The van der Waals surface area contributed by atoms with Crippen molar-refractivity contribution in [3.05, 3.63) is 0 Å². The Morgan fingerprint density at radius 3 is 2.59 bits per heavy atom. The van der Waals surface area contributed by atoms with Gasteiger partial charge in [0, 0.05) is 6.04 Å². The summed E-state index contributed by atoms with van der Waals surface area (Å²) in [6.07, 6.45) is 7.29. The zero-order valence-corrected chi connectivity index (χ0v) is 11.4. The predicted molar refractivity (Wildman–Crippen MR) is 69.6 cm³/mol. The number of rotatable bonds is 5. The van der Waals surface area contributed by atoms with Crippen LogP contribution in [0.25, 0.3) is 0 Å². The molecule has 2 aliphatic rings. The lowest BCUT2D eigenvalue weighted by Crippen LogP contribution is -2.50. The monoisotopic (exact) mass is 238 g/mol. The Bertz CT molecular complexity index is 273. The summed E-state index contributed by atoms with van der Waals surface area (Å²) in [6.45, 7) is 6.60. The van der Waals surface area contributed by atoms with Crippen molar-refractivity contribution in [2.24, 2.45) is 5.92 Å². The van der Waals surface area contributed by atoms with Gasteiger partial charge in [-0.25, -0.2) is 0 Å². The van der Waals surface area contributed by atoms with Crippen LogP contribution in [0.5, 0.6) is 0 Å². The smallest absolute Gasteiger partial charge is 0.241 e. The number of hydrogen-bond donors (Lipinski definition) is 1. The molecule has 0 spiro atoms. The van der Waals surface area contributed by atoms with Crippen LogP contribution in [0.1, 0.15) is 59.3 Å². The van der Waals surface area contributed by atoms with Crippen molar-refractivity contribution >= 4 is 5.91 Å². The first-order chi connectivity index (χ1) is 8.15. The molecule has 0 bridgehead atoms. The standard InChI is InChI=1S/C14H26N2O/c1-4-5-9-12-14(17)16(11-7-6-8-11)13(15-12)10(2)3/h10-13,15H,4-9H2,1-3H3. The van der Waals surface area contributed by atoms with Gasteiger partial charge in [0.15, 0.2) is 0 Å². The number of unbranched alkanes of at least 4 members (excludes halogenated alkanes) is 1. The van der Waals surface area contributed by atoms with Gasteiger partial charge in [0.2, 0.25) is 5.91 Å². The maximum absolute atomic E-state index is 12.4. The van der Waals surface area contributed by atoms with Crippen molar-refractivity contribution in [3.63, 3.8) is 0 Å². The molecule has 1 saturated heterocycles. The number of hydrogen-bond acceptors (Lipinski definition) is 2. The van der Waals surface area contributed by atoms with Crippen LogP contribution in [0, 0.1) is 5.92 Å². The molecule has 1 N–H and O–H groups in total. The molecule has 0 radical (unpaired) electrons. The van der Waals surface area contributed by atoms with E-state index in [0.29, 0.717) is 17.9 Å². The minimum Gasteiger partial charge on any atom is -0.323 e. The molecule has 1 heterocycles. The third kappa shape index (κ3) is 2.49. The Labute approximate surface area is 105 Å².